The molecule has 0 aliphatic rings. The van der Waals surface area contributed by atoms with Crippen molar-refractivity contribution in [2.45, 2.75) is 18.7 Å². The number of carbonyl (C=O) groups is 2. The molecule has 0 fully saturated rings. The molecule has 0 aromatic heterocycles. The second kappa shape index (κ2) is 9.13. The molecular formula is C19H22N2O3S. The molecule has 0 bridgehead atoms. The maximum absolute atomic E-state index is 12.1. The van der Waals surface area contributed by atoms with Gasteiger partial charge in [0.2, 0.25) is 11.8 Å². The van der Waals surface area contributed by atoms with E-state index >= 15 is 0 Å². The van der Waals surface area contributed by atoms with Gasteiger partial charge in [0.05, 0.1) is 12.9 Å². The maximum atomic E-state index is 12.1. The molecular weight excluding hydrogens is 336 g/mol. The monoisotopic (exact) mass is 358 g/mol. The van der Waals surface area contributed by atoms with E-state index in [4.69, 9.17) is 4.74 Å². The number of amides is 2. The van der Waals surface area contributed by atoms with Gasteiger partial charge in [-0.3, -0.25) is 9.59 Å². The fourth-order valence-electron chi connectivity index (χ4n) is 2.00. The van der Waals surface area contributed by atoms with Crippen molar-refractivity contribution >= 4 is 35.0 Å². The van der Waals surface area contributed by atoms with E-state index in [0.29, 0.717) is 11.4 Å². The third-order valence-electron chi connectivity index (χ3n) is 3.35. The molecule has 0 unspecified atom stereocenters. The summed E-state index contributed by atoms with van der Waals surface area (Å²) in [6.45, 7) is 3.66. The summed E-state index contributed by atoms with van der Waals surface area (Å²) < 4.78 is 5.17. The molecule has 132 valence electrons. The minimum Gasteiger partial charge on any atom is -0.497 e. The van der Waals surface area contributed by atoms with Crippen LogP contribution in [0.5, 0.6) is 5.75 Å². The number of ether oxygens (including phenoxy) is 1. The van der Waals surface area contributed by atoms with Gasteiger partial charge in [0.25, 0.3) is 0 Å². The van der Waals surface area contributed by atoms with Crippen molar-refractivity contribution in [1.29, 1.82) is 0 Å². The molecule has 0 saturated carbocycles. The van der Waals surface area contributed by atoms with E-state index in [1.54, 1.807) is 31.4 Å². The minimum atomic E-state index is -0.111. The van der Waals surface area contributed by atoms with E-state index in [0.717, 1.165) is 10.6 Å². The number of methoxy groups -OCH3 is 1. The van der Waals surface area contributed by atoms with Crippen LogP contribution in [-0.4, -0.2) is 24.7 Å². The van der Waals surface area contributed by atoms with Gasteiger partial charge in [-0.1, -0.05) is 26.0 Å². The number of rotatable bonds is 7. The third kappa shape index (κ3) is 6.15. The molecule has 0 atom stereocenters. The van der Waals surface area contributed by atoms with Gasteiger partial charge < -0.3 is 15.4 Å². The van der Waals surface area contributed by atoms with Gasteiger partial charge in [-0.25, -0.2) is 0 Å². The van der Waals surface area contributed by atoms with Crippen molar-refractivity contribution < 1.29 is 14.3 Å². The SMILES string of the molecule is COc1cccc(SCC(=O)Nc2cccc(NC(=O)C(C)C)c2)c1. The van der Waals surface area contributed by atoms with Crippen LogP contribution >= 0.6 is 11.8 Å². The molecule has 2 rings (SSSR count). The Kier molecular flexibility index (Phi) is 6.89. The lowest BCUT2D eigenvalue weighted by molar-refractivity contribution is -0.119. The van der Waals surface area contributed by atoms with Crippen LogP contribution in [0.25, 0.3) is 0 Å². The van der Waals surface area contributed by atoms with E-state index in [-0.39, 0.29) is 23.5 Å². The number of nitrogens with one attached hydrogen (secondary N) is 2. The fraction of sp³-hybridized carbons (Fsp3) is 0.263. The Morgan fingerprint density at radius 1 is 1.04 bits per heavy atom. The highest BCUT2D eigenvalue weighted by molar-refractivity contribution is 8.00. The third-order valence-corrected chi connectivity index (χ3v) is 4.34. The van der Waals surface area contributed by atoms with Crippen molar-refractivity contribution in [3.63, 3.8) is 0 Å². The quantitative estimate of drug-likeness (QED) is 0.734. The minimum absolute atomic E-state index is 0.0583. The number of benzene rings is 2. The molecule has 2 N–H and O–H groups in total. The smallest absolute Gasteiger partial charge is 0.234 e. The normalized spacial score (nSPS) is 10.4. The second-order valence-electron chi connectivity index (χ2n) is 5.74. The molecule has 2 aromatic carbocycles. The Bertz CT molecular complexity index is 747. The van der Waals surface area contributed by atoms with Gasteiger partial charge in [0.15, 0.2) is 0 Å². The van der Waals surface area contributed by atoms with Gasteiger partial charge in [0, 0.05) is 22.2 Å². The lowest BCUT2D eigenvalue weighted by Crippen LogP contribution is -2.18. The predicted octanol–water partition coefficient (Wildman–Crippen LogP) is 4.02. The topological polar surface area (TPSA) is 67.4 Å². The molecule has 0 aliphatic carbocycles. The number of hydrogen-bond donors (Lipinski definition) is 2. The van der Waals surface area contributed by atoms with Crippen LogP contribution in [0.15, 0.2) is 53.4 Å². The molecule has 6 heteroatoms. The van der Waals surface area contributed by atoms with E-state index in [1.165, 1.54) is 11.8 Å². The Labute approximate surface area is 152 Å². The summed E-state index contributed by atoms with van der Waals surface area (Å²) in [5.41, 5.74) is 1.31. The average Bonchev–Trinajstić information content (AvgIpc) is 2.60. The Morgan fingerprint density at radius 2 is 1.72 bits per heavy atom. The second-order valence-corrected chi connectivity index (χ2v) is 6.79. The van der Waals surface area contributed by atoms with E-state index in [2.05, 4.69) is 10.6 Å². The summed E-state index contributed by atoms with van der Waals surface area (Å²) in [5, 5.41) is 5.66. The summed E-state index contributed by atoms with van der Waals surface area (Å²) >= 11 is 1.43. The Balaban J connectivity index is 1.90. The van der Waals surface area contributed by atoms with Crippen molar-refractivity contribution in [3.05, 3.63) is 48.5 Å². The molecule has 0 radical (unpaired) electrons. The molecule has 2 aromatic rings. The first-order valence-electron chi connectivity index (χ1n) is 7.95. The molecule has 25 heavy (non-hydrogen) atoms. The highest BCUT2D eigenvalue weighted by Gasteiger charge is 2.08. The summed E-state index contributed by atoms with van der Waals surface area (Å²) in [6, 6.07) is 14.7. The van der Waals surface area contributed by atoms with Gasteiger partial charge in [0.1, 0.15) is 5.75 Å². The van der Waals surface area contributed by atoms with Crippen LogP contribution < -0.4 is 15.4 Å². The summed E-state index contributed by atoms with van der Waals surface area (Å²) in [5.74, 6) is 0.782. The van der Waals surface area contributed by atoms with Gasteiger partial charge in [-0.05, 0) is 36.4 Å². The number of carbonyl (C=O) groups excluding carboxylic acids is 2. The first-order valence-corrected chi connectivity index (χ1v) is 8.94. The zero-order valence-electron chi connectivity index (χ0n) is 14.5. The molecule has 0 spiro atoms. The molecule has 2 amide bonds. The highest BCUT2D eigenvalue weighted by Crippen LogP contribution is 2.23. The van der Waals surface area contributed by atoms with Crippen LogP contribution in [0.3, 0.4) is 0 Å². The first kappa shape index (κ1) is 18.9. The van der Waals surface area contributed by atoms with Crippen LogP contribution in [-0.2, 0) is 9.59 Å². The van der Waals surface area contributed by atoms with Crippen molar-refractivity contribution in [3.8, 4) is 5.75 Å². The summed E-state index contributed by atoms with van der Waals surface area (Å²) in [6.07, 6.45) is 0. The molecule has 0 aliphatic heterocycles. The Hall–Kier alpha value is -2.47. The van der Waals surface area contributed by atoms with Crippen LogP contribution in [0, 0.1) is 5.92 Å². The summed E-state index contributed by atoms with van der Waals surface area (Å²) in [4.78, 5) is 24.8. The van der Waals surface area contributed by atoms with E-state index in [9.17, 15) is 9.59 Å². The lowest BCUT2D eigenvalue weighted by atomic mass is 10.2. The van der Waals surface area contributed by atoms with Crippen LogP contribution in [0.2, 0.25) is 0 Å². The zero-order chi connectivity index (χ0) is 18.2. The van der Waals surface area contributed by atoms with Crippen molar-refractivity contribution in [2.75, 3.05) is 23.5 Å². The number of anilines is 2. The van der Waals surface area contributed by atoms with Crippen molar-refractivity contribution in [1.82, 2.24) is 0 Å². The fourth-order valence-corrected chi connectivity index (χ4v) is 2.74. The number of thioether (sulfide) groups is 1. The highest BCUT2D eigenvalue weighted by atomic mass is 32.2. The maximum Gasteiger partial charge on any atom is 0.234 e. The Morgan fingerprint density at radius 3 is 2.40 bits per heavy atom. The van der Waals surface area contributed by atoms with Gasteiger partial charge >= 0.3 is 0 Å². The summed E-state index contributed by atoms with van der Waals surface area (Å²) in [7, 11) is 1.61. The first-order chi connectivity index (χ1) is 12.0. The molecule has 0 saturated heterocycles. The largest absolute Gasteiger partial charge is 0.497 e. The molecule has 0 heterocycles. The molecule has 5 nitrogen and oxygen atoms in total. The zero-order valence-corrected chi connectivity index (χ0v) is 15.4. The van der Waals surface area contributed by atoms with Crippen LogP contribution in [0.4, 0.5) is 11.4 Å². The van der Waals surface area contributed by atoms with E-state index < -0.39 is 0 Å². The van der Waals surface area contributed by atoms with Gasteiger partial charge in [-0.2, -0.15) is 0 Å². The van der Waals surface area contributed by atoms with Gasteiger partial charge in [-0.15, -0.1) is 11.8 Å². The standard InChI is InChI=1S/C19H22N2O3S/c1-13(2)19(23)21-15-7-4-6-14(10-15)20-18(22)12-25-17-9-5-8-16(11-17)24-3/h4-11,13H,12H2,1-3H3,(H,20,22)(H,21,23). The lowest BCUT2D eigenvalue weighted by Gasteiger charge is -2.10. The number of hydrogen-bond acceptors (Lipinski definition) is 4. The predicted molar refractivity (Wildman–Crippen MR) is 102 cm³/mol. The van der Waals surface area contributed by atoms with Crippen LogP contribution in [0.1, 0.15) is 13.8 Å². The van der Waals surface area contributed by atoms with Crippen molar-refractivity contribution in [2.24, 2.45) is 5.92 Å². The van der Waals surface area contributed by atoms with E-state index in [1.807, 2.05) is 38.1 Å². The average molecular weight is 358 g/mol.